The summed E-state index contributed by atoms with van der Waals surface area (Å²) in [5.41, 5.74) is 1.39. The van der Waals surface area contributed by atoms with Crippen molar-refractivity contribution in [2.45, 2.75) is 45.8 Å². The zero-order valence-electron chi connectivity index (χ0n) is 19.1. The number of halogens is 3. The van der Waals surface area contributed by atoms with Crippen LogP contribution in [0.2, 0.25) is 0 Å². The summed E-state index contributed by atoms with van der Waals surface area (Å²) in [4.78, 5) is 11.5. The molecule has 0 aliphatic rings. The number of alkyl halides is 3. The fourth-order valence-electron chi connectivity index (χ4n) is 3.19. The van der Waals surface area contributed by atoms with Crippen molar-refractivity contribution in [3.63, 3.8) is 0 Å². The molecule has 2 aromatic carbocycles. The van der Waals surface area contributed by atoms with Gasteiger partial charge in [-0.3, -0.25) is 4.68 Å². The number of aliphatic carboxylic acids is 1. The molecule has 0 aliphatic carbocycles. The first-order chi connectivity index (χ1) is 15.9. The summed E-state index contributed by atoms with van der Waals surface area (Å²) < 4.78 is 54.1. The molecule has 1 heterocycles. The van der Waals surface area contributed by atoms with Crippen molar-refractivity contribution in [3.8, 4) is 28.5 Å². The second-order valence-corrected chi connectivity index (χ2v) is 7.92. The molecule has 0 amide bonds. The fraction of sp³-hybridized carbons (Fsp3) is 0.333. The predicted molar refractivity (Wildman–Crippen MR) is 118 cm³/mol. The molecule has 3 aromatic rings. The van der Waals surface area contributed by atoms with Gasteiger partial charge in [-0.05, 0) is 74.4 Å². The maximum absolute atomic E-state index is 12.3. The molecular weight excluding hydrogens is 453 g/mol. The predicted octanol–water partition coefficient (Wildman–Crippen LogP) is 5.51. The zero-order valence-corrected chi connectivity index (χ0v) is 19.1. The molecule has 0 fully saturated rings. The molecule has 34 heavy (non-hydrogen) atoms. The van der Waals surface area contributed by atoms with E-state index in [2.05, 4.69) is 9.84 Å². The summed E-state index contributed by atoms with van der Waals surface area (Å²) in [6.45, 7) is 5.22. The molecule has 10 heteroatoms. The van der Waals surface area contributed by atoms with Crippen LogP contribution in [0.3, 0.4) is 0 Å². The number of aryl methyl sites for hydroxylation is 2. The lowest BCUT2D eigenvalue weighted by atomic mass is 10.0. The normalized spacial score (nSPS) is 13.3. The van der Waals surface area contributed by atoms with Crippen LogP contribution < -0.4 is 14.2 Å². The van der Waals surface area contributed by atoms with Gasteiger partial charge in [-0.15, -0.1) is 13.2 Å². The summed E-state index contributed by atoms with van der Waals surface area (Å²) in [5.74, 6) is -0.327. The maximum atomic E-state index is 12.3. The summed E-state index contributed by atoms with van der Waals surface area (Å²) in [5, 5.41) is 13.8. The summed E-state index contributed by atoms with van der Waals surface area (Å²) in [7, 11) is 1.72. The molecule has 1 unspecified atom stereocenters. The Morgan fingerprint density at radius 2 is 1.71 bits per heavy atom. The Morgan fingerprint density at radius 1 is 1.06 bits per heavy atom. The van der Waals surface area contributed by atoms with Gasteiger partial charge in [0.1, 0.15) is 29.5 Å². The first kappa shape index (κ1) is 24.9. The number of rotatable bonds is 9. The van der Waals surface area contributed by atoms with Gasteiger partial charge >= 0.3 is 12.3 Å². The van der Waals surface area contributed by atoms with Crippen molar-refractivity contribution in [2.24, 2.45) is 7.05 Å². The van der Waals surface area contributed by atoms with Crippen LogP contribution in [0.4, 0.5) is 13.2 Å². The smallest absolute Gasteiger partial charge is 0.487 e. The third-order valence-corrected chi connectivity index (χ3v) is 5.31. The Balaban J connectivity index is 1.67. The monoisotopic (exact) mass is 478 g/mol. The molecule has 7 nitrogen and oxygen atoms in total. The standard InChI is InChI=1S/C24H25F3N2O5/c1-5-23(3,22(30)31)34-21-11-10-19(12-15(21)2)32-14-17-13-20(29(4)28-17)16-6-8-18(9-7-16)33-24(25,26)27/h6-13H,5,14H2,1-4H3,(H,30,31). The van der Waals surface area contributed by atoms with E-state index in [1.807, 2.05) is 0 Å². The Hall–Kier alpha value is -3.69. The van der Waals surface area contributed by atoms with E-state index in [0.29, 0.717) is 34.9 Å². The molecule has 1 aromatic heterocycles. The lowest BCUT2D eigenvalue weighted by Gasteiger charge is -2.26. The van der Waals surface area contributed by atoms with Crippen molar-refractivity contribution in [2.75, 3.05) is 0 Å². The van der Waals surface area contributed by atoms with Gasteiger partial charge in [-0.2, -0.15) is 5.10 Å². The quantitative estimate of drug-likeness (QED) is 0.437. The van der Waals surface area contributed by atoms with Crippen LogP contribution in [0.5, 0.6) is 17.2 Å². The highest BCUT2D eigenvalue weighted by molar-refractivity contribution is 5.77. The maximum Gasteiger partial charge on any atom is 0.573 e. The molecule has 0 spiro atoms. The van der Waals surface area contributed by atoms with Crippen molar-refractivity contribution in [1.29, 1.82) is 0 Å². The van der Waals surface area contributed by atoms with E-state index < -0.39 is 17.9 Å². The second-order valence-electron chi connectivity index (χ2n) is 7.92. The fourth-order valence-corrected chi connectivity index (χ4v) is 3.19. The third kappa shape index (κ3) is 6.00. The van der Waals surface area contributed by atoms with Gasteiger partial charge in [0.2, 0.25) is 5.60 Å². The molecule has 1 atom stereocenters. The molecule has 0 saturated carbocycles. The van der Waals surface area contributed by atoms with Gasteiger partial charge in [0.25, 0.3) is 0 Å². The summed E-state index contributed by atoms with van der Waals surface area (Å²) >= 11 is 0. The van der Waals surface area contributed by atoms with E-state index in [0.717, 1.165) is 5.56 Å². The highest BCUT2D eigenvalue weighted by atomic mass is 19.4. The van der Waals surface area contributed by atoms with Gasteiger partial charge in [0.05, 0.1) is 5.69 Å². The van der Waals surface area contributed by atoms with Crippen molar-refractivity contribution in [1.82, 2.24) is 9.78 Å². The van der Waals surface area contributed by atoms with Crippen molar-refractivity contribution in [3.05, 3.63) is 59.8 Å². The molecule has 0 bridgehead atoms. The number of carboxylic acid groups (broad SMARTS) is 1. The minimum atomic E-state index is -4.74. The Kier molecular flexibility index (Phi) is 7.09. The lowest BCUT2D eigenvalue weighted by molar-refractivity contribution is -0.274. The van der Waals surface area contributed by atoms with E-state index in [1.54, 1.807) is 49.8 Å². The third-order valence-electron chi connectivity index (χ3n) is 5.31. The Labute approximate surface area is 194 Å². The number of hydrogen-bond acceptors (Lipinski definition) is 5. The largest absolute Gasteiger partial charge is 0.573 e. The average molecular weight is 478 g/mol. The average Bonchev–Trinajstić information content (AvgIpc) is 3.13. The number of hydrogen-bond donors (Lipinski definition) is 1. The molecule has 0 saturated heterocycles. The lowest BCUT2D eigenvalue weighted by Crippen LogP contribution is -2.40. The molecule has 0 aliphatic heterocycles. The van der Waals surface area contributed by atoms with Crippen LogP contribution in [0.25, 0.3) is 11.3 Å². The van der Waals surface area contributed by atoms with Crippen LogP contribution >= 0.6 is 0 Å². The summed E-state index contributed by atoms with van der Waals surface area (Å²) in [6, 6.07) is 12.4. The first-order valence-electron chi connectivity index (χ1n) is 10.4. The SMILES string of the molecule is CCC(C)(Oc1ccc(OCc2cc(-c3ccc(OC(F)(F)F)cc3)n(C)n2)cc1C)C(=O)O. The van der Waals surface area contributed by atoms with Crippen molar-refractivity contribution >= 4 is 5.97 Å². The Bertz CT molecular complexity index is 1160. The molecule has 3 rings (SSSR count). The highest BCUT2D eigenvalue weighted by Gasteiger charge is 2.34. The Morgan fingerprint density at radius 3 is 2.26 bits per heavy atom. The van der Waals surface area contributed by atoms with E-state index in [4.69, 9.17) is 9.47 Å². The molecular formula is C24H25F3N2O5. The van der Waals surface area contributed by atoms with Crippen LogP contribution in [0, 0.1) is 6.92 Å². The highest BCUT2D eigenvalue weighted by Crippen LogP contribution is 2.30. The number of carbonyl (C=O) groups is 1. The van der Waals surface area contributed by atoms with Gasteiger partial charge < -0.3 is 19.3 Å². The minimum Gasteiger partial charge on any atom is -0.487 e. The molecule has 182 valence electrons. The zero-order chi connectivity index (χ0) is 25.1. The van der Waals surface area contributed by atoms with Gasteiger partial charge in [0.15, 0.2) is 0 Å². The molecule has 1 N–H and O–H groups in total. The topological polar surface area (TPSA) is 82.8 Å². The molecule has 0 radical (unpaired) electrons. The van der Waals surface area contributed by atoms with Gasteiger partial charge in [-0.1, -0.05) is 6.92 Å². The number of ether oxygens (including phenoxy) is 3. The summed E-state index contributed by atoms with van der Waals surface area (Å²) in [6.07, 6.45) is -4.44. The van der Waals surface area contributed by atoms with E-state index in [1.165, 1.54) is 31.2 Å². The van der Waals surface area contributed by atoms with E-state index in [9.17, 15) is 23.1 Å². The van der Waals surface area contributed by atoms with Gasteiger partial charge in [-0.25, -0.2) is 4.79 Å². The number of nitrogens with zero attached hydrogens (tertiary/aromatic N) is 2. The first-order valence-corrected chi connectivity index (χ1v) is 10.4. The van der Waals surface area contributed by atoms with Gasteiger partial charge in [0, 0.05) is 12.6 Å². The number of aromatic nitrogens is 2. The van der Waals surface area contributed by atoms with Crippen LogP contribution in [-0.4, -0.2) is 32.8 Å². The van der Waals surface area contributed by atoms with Crippen LogP contribution in [0.1, 0.15) is 31.5 Å². The van der Waals surface area contributed by atoms with E-state index >= 15 is 0 Å². The number of benzene rings is 2. The van der Waals surface area contributed by atoms with Crippen LogP contribution in [-0.2, 0) is 18.4 Å². The minimum absolute atomic E-state index is 0.157. The second kappa shape index (κ2) is 9.66. The van der Waals surface area contributed by atoms with Crippen molar-refractivity contribution < 1.29 is 37.3 Å². The number of carboxylic acids is 1. The van der Waals surface area contributed by atoms with Crippen LogP contribution in [0.15, 0.2) is 48.5 Å². The van der Waals surface area contributed by atoms with E-state index in [-0.39, 0.29) is 12.4 Å².